The maximum absolute atomic E-state index is 12.8. The van der Waals surface area contributed by atoms with E-state index in [1.54, 1.807) is 12.1 Å². The van der Waals surface area contributed by atoms with Crippen molar-refractivity contribution in [2.45, 2.75) is 64.1 Å². The molecule has 2 amide bonds. The van der Waals surface area contributed by atoms with Crippen molar-refractivity contribution >= 4 is 17.8 Å². The molecular formula is C21H34N4O4. The number of carboxylic acids is 1. The van der Waals surface area contributed by atoms with Gasteiger partial charge in [0.25, 0.3) is 0 Å². The van der Waals surface area contributed by atoms with Gasteiger partial charge in [-0.2, -0.15) is 0 Å². The van der Waals surface area contributed by atoms with E-state index in [0.29, 0.717) is 19.4 Å². The third-order valence-electron chi connectivity index (χ3n) is 5.00. The Morgan fingerprint density at radius 3 is 2.28 bits per heavy atom. The van der Waals surface area contributed by atoms with Crippen molar-refractivity contribution in [3.05, 3.63) is 35.9 Å². The zero-order valence-corrected chi connectivity index (χ0v) is 17.3. The molecule has 8 nitrogen and oxygen atoms in total. The number of benzene rings is 1. The van der Waals surface area contributed by atoms with Crippen molar-refractivity contribution in [1.82, 2.24) is 10.6 Å². The molecule has 0 saturated heterocycles. The predicted molar refractivity (Wildman–Crippen MR) is 112 cm³/mol. The molecule has 0 aliphatic carbocycles. The summed E-state index contributed by atoms with van der Waals surface area (Å²) in [6.07, 6.45) is 2.77. The lowest BCUT2D eigenvalue weighted by Gasteiger charge is -2.26. The zero-order valence-electron chi connectivity index (χ0n) is 17.3. The molecule has 0 fully saturated rings. The van der Waals surface area contributed by atoms with Gasteiger partial charge in [-0.3, -0.25) is 9.59 Å². The summed E-state index contributed by atoms with van der Waals surface area (Å²) in [5.41, 5.74) is 12.2. The van der Waals surface area contributed by atoms with Crippen LogP contribution in [0.3, 0.4) is 0 Å². The first-order valence-corrected chi connectivity index (χ1v) is 10.1. The van der Waals surface area contributed by atoms with Crippen LogP contribution in [0.15, 0.2) is 30.3 Å². The molecule has 0 aliphatic heterocycles. The van der Waals surface area contributed by atoms with Crippen LogP contribution in [0.1, 0.15) is 45.1 Å². The van der Waals surface area contributed by atoms with Gasteiger partial charge in [0, 0.05) is 6.42 Å². The van der Waals surface area contributed by atoms with Crippen LogP contribution in [0.2, 0.25) is 0 Å². The topological polar surface area (TPSA) is 148 Å². The average molecular weight is 407 g/mol. The van der Waals surface area contributed by atoms with Gasteiger partial charge in [-0.15, -0.1) is 0 Å². The fourth-order valence-corrected chi connectivity index (χ4v) is 2.91. The molecule has 1 rings (SSSR count). The molecule has 0 bridgehead atoms. The first-order valence-electron chi connectivity index (χ1n) is 10.1. The van der Waals surface area contributed by atoms with E-state index in [-0.39, 0.29) is 12.3 Å². The Morgan fingerprint density at radius 2 is 1.72 bits per heavy atom. The summed E-state index contributed by atoms with van der Waals surface area (Å²) in [6.45, 7) is 4.26. The molecule has 0 aromatic heterocycles. The van der Waals surface area contributed by atoms with Gasteiger partial charge in [0.2, 0.25) is 11.8 Å². The first-order chi connectivity index (χ1) is 13.8. The Balaban J connectivity index is 2.80. The quantitative estimate of drug-likeness (QED) is 0.306. The van der Waals surface area contributed by atoms with Crippen LogP contribution < -0.4 is 22.1 Å². The van der Waals surface area contributed by atoms with Gasteiger partial charge in [0.05, 0.1) is 6.04 Å². The van der Waals surface area contributed by atoms with Crippen molar-refractivity contribution in [3.8, 4) is 0 Å². The van der Waals surface area contributed by atoms with Crippen LogP contribution in [0, 0.1) is 5.92 Å². The summed E-state index contributed by atoms with van der Waals surface area (Å²) in [7, 11) is 0. The van der Waals surface area contributed by atoms with Crippen LogP contribution in [-0.2, 0) is 20.8 Å². The molecule has 7 N–H and O–H groups in total. The summed E-state index contributed by atoms with van der Waals surface area (Å²) >= 11 is 0. The molecule has 8 heteroatoms. The van der Waals surface area contributed by atoms with E-state index in [1.807, 2.05) is 32.0 Å². The minimum atomic E-state index is -1.13. The molecule has 0 saturated carbocycles. The molecule has 0 aliphatic rings. The summed E-state index contributed by atoms with van der Waals surface area (Å²) in [4.78, 5) is 36.9. The number of hydrogen-bond donors (Lipinski definition) is 5. The monoisotopic (exact) mass is 406 g/mol. The van der Waals surface area contributed by atoms with Crippen LogP contribution in [0.5, 0.6) is 0 Å². The molecule has 0 unspecified atom stereocenters. The van der Waals surface area contributed by atoms with E-state index < -0.39 is 35.9 Å². The predicted octanol–water partition coefficient (Wildman–Crippen LogP) is 0.786. The van der Waals surface area contributed by atoms with E-state index in [2.05, 4.69) is 10.6 Å². The first kappa shape index (κ1) is 24.6. The fraction of sp³-hybridized carbons (Fsp3) is 0.571. The molecule has 0 radical (unpaired) electrons. The highest BCUT2D eigenvalue weighted by atomic mass is 16.4. The number of aliphatic carboxylic acids is 1. The van der Waals surface area contributed by atoms with Crippen molar-refractivity contribution in [3.63, 3.8) is 0 Å². The third-order valence-corrected chi connectivity index (χ3v) is 5.00. The Kier molecular flexibility index (Phi) is 10.9. The number of rotatable bonds is 13. The minimum absolute atomic E-state index is 0.154. The maximum Gasteiger partial charge on any atom is 0.326 e. The third kappa shape index (κ3) is 8.62. The molecule has 162 valence electrons. The van der Waals surface area contributed by atoms with Crippen LogP contribution in [0.4, 0.5) is 0 Å². The SMILES string of the molecule is CC[C@H](C)[C@H](NC(=O)[C@@H](N)CCCCN)C(=O)N[C@@H](Cc1ccccc1)C(=O)O. The lowest BCUT2D eigenvalue weighted by molar-refractivity contribution is -0.142. The Labute approximate surface area is 172 Å². The number of hydrogen-bond acceptors (Lipinski definition) is 5. The second-order valence-corrected chi connectivity index (χ2v) is 7.35. The molecule has 29 heavy (non-hydrogen) atoms. The fourth-order valence-electron chi connectivity index (χ4n) is 2.91. The number of nitrogens with one attached hydrogen (secondary N) is 2. The van der Waals surface area contributed by atoms with Crippen LogP contribution in [-0.4, -0.2) is 47.6 Å². The molecule has 0 heterocycles. The second kappa shape index (κ2) is 12.9. The smallest absolute Gasteiger partial charge is 0.326 e. The Bertz CT molecular complexity index is 653. The Hall–Kier alpha value is -2.45. The maximum atomic E-state index is 12.8. The number of carbonyl (C=O) groups is 3. The highest BCUT2D eigenvalue weighted by Crippen LogP contribution is 2.11. The average Bonchev–Trinajstić information content (AvgIpc) is 2.71. The molecule has 0 spiro atoms. The van der Waals surface area contributed by atoms with Gasteiger partial charge in [0.1, 0.15) is 12.1 Å². The second-order valence-electron chi connectivity index (χ2n) is 7.35. The largest absolute Gasteiger partial charge is 0.480 e. The zero-order chi connectivity index (χ0) is 21.8. The van der Waals surface area contributed by atoms with Gasteiger partial charge in [0.15, 0.2) is 0 Å². The highest BCUT2D eigenvalue weighted by Gasteiger charge is 2.31. The number of amides is 2. The van der Waals surface area contributed by atoms with E-state index in [0.717, 1.165) is 18.4 Å². The van der Waals surface area contributed by atoms with E-state index >= 15 is 0 Å². The molecule has 1 aromatic rings. The minimum Gasteiger partial charge on any atom is -0.480 e. The van der Waals surface area contributed by atoms with E-state index in [1.165, 1.54) is 0 Å². The lowest BCUT2D eigenvalue weighted by atomic mass is 9.96. The van der Waals surface area contributed by atoms with Gasteiger partial charge in [-0.1, -0.05) is 57.0 Å². The molecular weight excluding hydrogens is 372 g/mol. The van der Waals surface area contributed by atoms with E-state index in [4.69, 9.17) is 11.5 Å². The summed E-state index contributed by atoms with van der Waals surface area (Å²) in [5.74, 6) is -2.25. The standard InChI is InChI=1S/C21H34N4O4/c1-3-14(2)18(25-19(26)16(23)11-7-8-12-22)20(27)24-17(21(28)29)13-15-9-5-4-6-10-15/h4-6,9-10,14,16-18H,3,7-8,11-13,22-23H2,1-2H3,(H,24,27)(H,25,26)(H,28,29)/t14-,16-,17-,18-/m0/s1. The van der Waals surface area contributed by atoms with Gasteiger partial charge in [-0.25, -0.2) is 4.79 Å². The Morgan fingerprint density at radius 1 is 1.07 bits per heavy atom. The van der Waals surface area contributed by atoms with Crippen LogP contribution in [0.25, 0.3) is 0 Å². The van der Waals surface area contributed by atoms with Gasteiger partial charge < -0.3 is 27.2 Å². The van der Waals surface area contributed by atoms with Gasteiger partial charge >= 0.3 is 5.97 Å². The molecule has 4 atom stereocenters. The summed E-state index contributed by atoms with van der Waals surface area (Å²) < 4.78 is 0. The van der Waals surface area contributed by atoms with Gasteiger partial charge in [-0.05, 0) is 30.9 Å². The van der Waals surface area contributed by atoms with Crippen molar-refractivity contribution in [1.29, 1.82) is 0 Å². The summed E-state index contributed by atoms with van der Waals surface area (Å²) in [6, 6.07) is 6.38. The van der Waals surface area contributed by atoms with Crippen molar-refractivity contribution < 1.29 is 19.5 Å². The number of nitrogens with two attached hydrogens (primary N) is 2. The number of carbonyl (C=O) groups excluding carboxylic acids is 2. The number of unbranched alkanes of at least 4 members (excludes halogenated alkanes) is 1. The van der Waals surface area contributed by atoms with Crippen molar-refractivity contribution in [2.75, 3.05) is 6.54 Å². The lowest BCUT2D eigenvalue weighted by Crippen LogP contribution is -2.57. The molecule has 1 aromatic carbocycles. The van der Waals surface area contributed by atoms with Crippen molar-refractivity contribution in [2.24, 2.45) is 17.4 Å². The normalized spacial score (nSPS) is 15.0. The van der Waals surface area contributed by atoms with Crippen LogP contribution >= 0.6 is 0 Å². The highest BCUT2D eigenvalue weighted by molar-refractivity contribution is 5.92. The van der Waals surface area contributed by atoms with E-state index in [9.17, 15) is 19.5 Å². The number of carboxylic acid groups (broad SMARTS) is 1. The summed E-state index contributed by atoms with van der Waals surface area (Å²) in [5, 5.41) is 14.8.